The Morgan fingerprint density at radius 3 is 2.70 bits per heavy atom. The van der Waals surface area contributed by atoms with Crippen LogP contribution in [0.4, 0.5) is 15.8 Å². The van der Waals surface area contributed by atoms with Crippen molar-refractivity contribution in [3.63, 3.8) is 0 Å². The van der Waals surface area contributed by atoms with Gasteiger partial charge in [0.2, 0.25) is 5.91 Å². The van der Waals surface area contributed by atoms with Gasteiger partial charge in [-0.15, -0.1) is 0 Å². The Morgan fingerprint density at radius 2 is 1.95 bits per heavy atom. The largest absolute Gasteiger partial charge is 0.382 e. The van der Waals surface area contributed by atoms with E-state index in [0.717, 1.165) is 37.0 Å². The first-order chi connectivity index (χ1) is 18.0. The zero-order chi connectivity index (χ0) is 25.8. The summed E-state index contributed by atoms with van der Waals surface area (Å²) in [4.78, 5) is 37.5. The summed E-state index contributed by atoms with van der Waals surface area (Å²) in [5, 5.41) is 16.5. The van der Waals surface area contributed by atoms with Gasteiger partial charge in [0.05, 0.1) is 42.1 Å². The van der Waals surface area contributed by atoms with Gasteiger partial charge in [-0.3, -0.25) is 24.5 Å². The molecule has 9 nitrogen and oxygen atoms in total. The first kappa shape index (κ1) is 24.6. The van der Waals surface area contributed by atoms with Crippen LogP contribution in [0, 0.1) is 11.3 Å². The molecule has 0 saturated carbocycles. The number of hydrogen-bond donors (Lipinski definition) is 2. The highest BCUT2D eigenvalue weighted by molar-refractivity contribution is 6.13. The van der Waals surface area contributed by atoms with Crippen LogP contribution in [0.5, 0.6) is 0 Å². The Hall–Kier alpha value is -4.10. The summed E-state index contributed by atoms with van der Waals surface area (Å²) >= 11 is 0. The summed E-state index contributed by atoms with van der Waals surface area (Å²) in [6.45, 7) is 1.64. The van der Waals surface area contributed by atoms with Gasteiger partial charge in [-0.1, -0.05) is 0 Å². The lowest BCUT2D eigenvalue weighted by atomic mass is 10.0. The van der Waals surface area contributed by atoms with Gasteiger partial charge in [0.25, 0.3) is 5.91 Å². The highest BCUT2D eigenvalue weighted by Crippen LogP contribution is 2.28. The zero-order valence-electron chi connectivity index (χ0n) is 20.3. The van der Waals surface area contributed by atoms with E-state index in [1.54, 1.807) is 36.8 Å². The molecule has 2 N–H and O–H groups in total. The summed E-state index contributed by atoms with van der Waals surface area (Å²) in [6.07, 6.45) is 5.53. The average molecular weight is 502 g/mol. The molecule has 2 amide bonds. The standard InChI is InChI=1S/C27H28FN7O2/c28-18-13-21(14-29)35(16-18)25(36)17-34-11-7-19(8-12-34)32-24-6-5-23(26-22(24)4-2-10-31-26)27(37)33-20-3-1-9-30-15-20/h1-6,9-10,15,18-19,21,32H,7-8,11-13,16-17H2,(H,33,37)/t18-,21?/m0/s1. The normalized spacial score (nSPS) is 20.5. The molecule has 0 radical (unpaired) electrons. The first-order valence-corrected chi connectivity index (χ1v) is 12.4. The van der Waals surface area contributed by atoms with Crippen LogP contribution in [0.1, 0.15) is 29.6 Å². The van der Waals surface area contributed by atoms with Crippen molar-refractivity contribution in [3.05, 3.63) is 60.6 Å². The molecule has 0 aliphatic carbocycles. The Morgan fingerprint density at radius 1 is 1.14 bits per heavy atom. The third kappa shape index (κ3) is 5.52. The van der Waals surface area contributed by atoms with Crippen molar-refractivity contribution in [2.75, 3.05) is 36.8 Å². The van der Waals surface area contributed by atoms with Crippen molar-refractivity contribution in [1.82, 2.24) is 19.8 Å². The Balaban J connectivity index is 1.21. The van der Waals surface area contributed by atoms with Crippen LogP contribution in [0.25, 0.3) is 10.9 Å². The minimum Gasteiger partial charge on any atom is -0.382 e. The van der Waals surface area contributed by atoms with Crippen LogP contribution in [0.3, 0.4) is 0 Å². The van der Waals surface area contributed by atoms with E-state index in [1.165, 1.54) is 4.90 Å². The van der Waals surface area contributed by atoms with E-state index in [-0.39, 0.29) is 37.4 Å². The molecule has 4 heterocycles. The van der Waals surface area contributed by atoms with E-state index in [4.69, 9.17) is 0 Å². The summed E-state index contributed by atoms with van der Waals surface area (Å²) < 4.78 is 13.7. The molecule has 0 bridgehead atoms. The number of carbonyl (C=O) groups excluding carboxylic acids is 2. The Bertz CT molecular complexity index is 1320. The van der Waals surface area contributed by atoms with Crippen molar-refractivity contribution in [3.8, 4) is 6.07 Å². The van der Waals surface area contributed by atoms with E-state index in [9.17, 15) is 19.2 Å². The van der Waals surface area contributed by atoms with Gasteiger partial charge in [-0.25, -0.2) is 4.39 Å². The summed E-state index contributed by atoms with van der Waals surface area (Å²) in [6, 6.07) is 12.6. The first-order valence-electron chi connectivity index (χ1n) is 12.4. The number of hydrogen-bond acceptors (Lipinski definition) is 7. The summed E-state index contributed by atoms with van der Waals surface area (Å²) in [5.74, 6) is -0.438. The number of likely N-dealkylation sites (tertiary alicyclic amines) is 2. The number of nitrogens with one attached hydrogen (secondary N) is 2. The van der Waals surface area contributed by atoms with Crippen molar-refractivity contribution >= 4 is 34.1 Å². The third-order valence-electron chi connectivity index (χ3n) is 6.96. The molecule has 3 aromatic rings. The van der Waals surface area contributed by atoms with Crippen LogP contribution >= 0.6 is 0 Å². The number of rotatable bonds is 6. The number of halogens is 1. The number of anilines is 2. The van der Waals surface area contributed by atoms with Crippen molar-refractivity contribution in [1.29, 1.82) is 5.26 Å². The molecule has 1 unspecified atom stereocenters. The molecule has 1 aromatic carbocycles. The fourth-order valence-corrected chi connectivity index (χ4v) is 5.04. The SMILES string of the molecule is N#CC1C[C@H](F)CN1C(=O)CN1CCC(Nc2ccc(C(=O)Nc3cccnc3)c3ncccc23)CC1. The minimum atomic E-state index is -1.12. The lowest BCUT2D eigenvalue weighted by molar-refractivity contribution is -0.132. The van der Waals surface area contributed by atoms with Crippen molar-refractivity contribution < 1.29 is 14.0 Å². The number of aromatic nitrogens is 2. The van der Waals surface area contributed by atoms with Gasteiger partial charge in [0.1, 0.15) is 12.2 Å². The predicted molar refractivity (Wildman–Crippen MR) is 138 cm³/mol. The fourth-order valence-electron chi connectivity index (χ4n) is 5.04. The molecule has 2 aliphatic heterocycles. The fraction of sp³-hybridized carbons (Fsp3) is 0.370. The van der Waals surface area contributed by atoms with Crippen LogP contribution in [-0.2, 0) is 4.79 Å². The summed E-state index contributed by atoms with van der Waals surface area (Å²) in [7, 11) is 0. The molecular formula is C27H28FN7O2. The molecule has 2 atom stereocenters. The molecule has 2 aromatic heterocycles. The lowest BCUT2D eigenvalue weighted by Gasteiger charge is -2.33. The van der Waals surface area contributed by atoms with Gasteiger partial charge < -0.3 is 15.5 Å². The molecule has 2 aliphatic rings. The highest BCUT2D eigenvalue weighted by Gasteiger charge is 2.36. The molecular weight excluding hydrogens is 473 g/mol. The lowest BCUT2D eigenvalue weighted by Crippen LogP contribution is -2.46. The van der Waals surface area contributed by atoms with Crippen LogP contribution in [-0.4, -0.2) is 76.0 Å². The van der Waals surface area contributed by atoms with Crippen LogP contribution < -0.4 is 10.6 Å². The quantitative estimate of drug-likeness (QED) is 0.533. The Labute approximate surface area is 214 Å². The van der Waals surface area contributed by atoms with Gasteiger partial charge in [-0.2, -0.15) is 5.26 Å². The van der Waals surface area contributed by atoms with Gasteiger partial charge in [0.15, 0.2) is 0 Å². The number of pyridine rings is 2. The highest BCUT2D eigenvalue weighted by atomic mass is 19.1. The van der Waals surface area contributed by atoms with Crippen molar-refractivity contribution in [2.45, 2.75) is 37.5 Å². The molecule has 2 fully saturated rings. The second-order valence-corrected chi connectivity index (χ2v) is 9.47. The molecule has 190 valence electrons. The maximum atomic E-state index is 13.7. The number of alkyl halides is 1. The van der Waals surface area contributed by atoms with E-state index in [0.29, 0.717) is 16.8 Å². The zero-order valence-corrected chi connectivity index (χ0v) is 20.3. The maximum absolute atomic E-state index is 13.7. The number of fused-ring (bicyclic) bond motifs is 1. The molecule has 5 rings (SSSR count). The maximum Gasteiger partial charge on any atom is 0.257 e. The molecule has 2 saturated heterocycles. The molecule has 37 heavy (non-hydrogen) atoms. The van der Waals surface area contributed by atoms with E-state index in [1.807, 2.05) is 24.3 Å². The van der Waals surface area contributed by atoms with E-state index < -0.39 is 12.2 Å². The minimum absolute atomic E-state index is 0.00639. The van der Waals surface area contributed by atoms with E-state index in [2.05, 4.69) is 25.5 Å². The third-order valence-corrected chi connectivity index (χ3v) is 6.96. The predicted octanol–water partition coefficient (Wildman–Crippen LogP) is 3.22. The second kappa shape index (κ2) is 10.9. The van der Waals surface area contributed by atoms with Gasteiger partial charge in [0, 0.05) is 49.0 Å². The summed E-state index contributed by atoms with van der Waals surface area (Å²) in [5.41, 5.74) is 2.60. The second-order valence-electron chi connectivity index (χ2n) is 9.47. The van der Waals surface area contributed by atoms with Crippen molar-refractivity contribution in [2.24, 2.45) is 0 Å². The topological polar surface area (TPSA) is 114 Å². The number of nitriles is 1. The van der Waals surface area contributed by atoms with Crippen LogP contribution in [0.15, 0.2) is 55.0 Å². The Kier molecular flexibility index (Phi) is 7.23. The smallest absolute Gasteiger partial charge is 0.257 e. The average Bonchev–Trinajstić information content (AvgIpc) is 3.31. The van der Waals surface area contributed by atoms with E-state index >= 15 is 0 Å². The molecule has 0 spiro atoms. The van der Waals surface area contributed by atoms with Crippen LogP contribution in [0.2, 0.25) is 0 Å². The number of piperidine rings is 1. The number of amides is 2. The van der Waals surface area contributed by atoms with Gasteiger partial charge in [-0.05, 0) is 49.2 Å². The molecule has 10 heteroatoms. The number of carbonyl (C=O) groups is 2. The monoisotopic (exact) mass is 501 g/mol. The number of benzene rings is 1. The number of nitrogens with zero attached hydrogens (tertiary/aromatic N) is 5. The van der Waals surface area contributed by atoms with Gasteiger partial charge >= 0.3 is 0 Å².